The third kappa shape index (κ3) is 3.61. The van der Waals surface area contributed by atoms with Crippen LogP contribution in [-0.4, -0.2) is 35.9 Å². The maximum atomic E-state index is 5.63. The summed E-state index contributed by atoms with van der Waals surface area (Å²) in [6.07, 6.45) is 4.51. The van der Waals surface area contributed by atoms with Gasteiger partial charge >= 0.3 is 0 Å². The smallest absolute Gasteiger partial charge is 0.178 e. The van der Waals surface area contributed by atoms with E-state index in [1.807, 2.05) is 6.21 Å². The molecule has 0 aromatic carbocycles. The third-order valence-electron chi connectivity index (χ3n) is 3.77. The van der Waals surface area contributed by atoms with E-state index in [0.717, 1.165) is 12.5 Å². The molecule has 3 fully saturated rings. The largest absolute Gasteiger partial charge is 0.388 e. The van der Waals surface area contributed by atoms with Gasteiger partial charge in [0.15, 0.2) is 17.5 Å². The fraction of sp³-hybridized carbons (Fsp3) is 0.667. The number of oxime groups is 1. The van der Waals surface area contributed by atoms with Gasteiger partial charge in [0.2, 0.25) is 0 Å². The molecule has 0 spiro atoms. The summed E-state index contributed by atoms with van der Waals surface area (Å²) in [4.78, 5) is 7.69. The Bertz CT molecular complexity index is 430. The van der Waals surface area contributed by atoms with Gasteiger partial charge in [0.1, 0.15) is 0 Å². The Balaban J connectivity index is 0.00000133. The van der Waals surface area contributed by atoms with Gasteiger partial charge in [-0.25, -0.2) is 0 Å². The second kappa shape index (κ2) is 6.59. The van der Waals surface area contributed by atoms with Crippen LogP contribution in [0.5, 0.6) is 0 Å². The zero-order chi connectivity index (χ0) is 12.4. The Kier molecular flexibility index (Phi) is 5.07. The summed E-state index contributed by atoms with van der Waals surface area (Å²) in [6.45, 7) is 3.88. The van der Waals surface area contributed by atoms with Crippen LogP contribution in [0, 0.1) is 11.8 Å². The van der Waals surface area contributed by atoms with Gasteiger partial charge in [0.25, 0.3) is 0 Å². The first kappa shape index (κ1) is 14.6. The van der Waals surface area contributed by atoms with E-state index in [9.17, 15) is 0 Å². The van der Waals surface area contributed by atoms with Crippen LogP contribution in [0.15, 0.2) is 15.7 Å². The first-order valence-electron chi connectivity index (χ1n) is 6.30. The minimum atomic E-state index is 0. The van der Waals surface area contributed by atoms with E-state index in [4.69, 9.17) is 21.0 Å². The van der Waals surface area contributed by atoms with Crippen molar-refractivity contribution in [2.24, 2.45) is 17.0 Å². The first-order chi connectivity index (χ1) is 8.81. The van der Waals surface area contributed by atoms with Crippen LogP contribution >= 0.6 is 24.0 Å². The summed E-state index contributed by atoms with van der Waals surface area (Å²) in [7, 11) is 0. The summed E-state index contributed by atoms with van der Waals surface area (Å²) in [5, 5.41) is 7.95. The van der Waals surface area contributed by atoms with Gasteiger partial charge in [-0.1, -0.05) is 21.9 Å². The molecule has 19 heavy (non-hydrogen) atoms. The average Bonchev–Trinajstić information content (AvgIpc) is 2.82. The standard InChI is InChI=1S/C12H16ClN3O2.ClH/c13-12-5-11(18-15-12)8-17-14-6-10-7-16-3-1-9(10)2-4-16;/h5-6,9-10H,1-4,7-8H2;1H. The summed E-state index contributed by atoms with van der Waals surface area (Å²) < 4.78 is 4.92. The van der Waals surface area contributed by atoms with Crippen LogP contribution in [0.3, 0.4) is 0 Å². The Labute approximate surface area is 123 Å². The van der Waals surface area contributed by atoms with Crippen molar-refractivity contribution in [3.8, 4) is 0 Å². The van der Waals surface area contributed by atoms with Crippen molar-refractivity contribution < 1.29 is 9.36 Å². The van der Waals surface area contributed by atoms with E-state index < -0.39 is 0 Å². The lowest BCUT2D eigenvalue weighted by atomic mass is 9.80. The number of hydrogen-bond acceptors (Lipinski definition) is 5. The van der Waals surface area contributed by atoms with Crippen molar-refractivity contribution in [3.63, 3.8) is 0 Å². The molecule has 7 heteroatoms. The topological polar surface area (TPSA) is 50.9 Å². The average molecular weight is 306 g/mol. The monoisotopic (exact) mass is 305 g/mol. The lowest BCUT2D eigenvalue weighted by Gasteiger charge is -2.43. The van der Waals surface area contributed by atoms with Crippen molar-refractivity contribution >= 4 is 30.2 Å². The van der Waals surface area contributed by atoms with E-state index in [2.05, 4.69) is 15.2 Å². The van der Waals surface area contributed by atoms with Gasteiger partial charge in [-0.2, -0.15) is 0 Å². The van der Waals surface area contributed by atoms with Gasteiger partial charge in [0, 0.05) is 24.7 Å². The molecule has 1 aromatic rings. The van der Waals surface area contributed by atoms with E-state index in [-0.39, 0.29) is 19.0 Å². The van der Waals surface area contributed by atoms with Gasteiger partial charge in [-0.15, -0.1) is 12.4 Å². The van der Waals surface area contributed by atoms with E-state index in [1.54, 1.807) is 6.07 Å². The molecule has 5 nitrogen and oxygen atoms in total. The van der Waals surface area contributed by atoms with Crippen molar-refractivity contribution in [1.82, 2.24) is 10.1 Å². The number of halogens is 2. The first-order valence-corrected chi connectivity index (χ1v) is 6.68. The molecule has 0 saturated carbocycles. The molecule has 2 bridgehead atoms. The summed E-state index contributed by atoms with van der Waals surface area (Å²) in [5.74, 6) is 1.90. The summed E-state index contributed by atoms with van der Waals surface area (Å²) in [5.41, 5.74) is 0. The van der Waals surface area contributed by atoms with Gasteiger partial charge in [-0.05, 0) is 31.8 Å². The highest BCUT2D eigenvalue weighted by Gasteiger charge is 2.33. The molecule has 4 heterocycles. The van der Waals surface area contributed by atoms with Crippen LogP contribution in [0.1, 0.15) is 18.6 Å². The summed E-state index contributed by atoms with van der Waals surface area (Å²) >= 11 is 5.63. The number of nitrogens with zero attached hydrogens (tertiary/aromatic N) is 3. The quantitative estimate of drug-likeness (QED) is 0.634. The van der Waals surface area contributed by atoms with Crippen molar-refractivity contribution in [2.45, 2.75) is 19.4 Å². The molecule has 4 rings (SSSR count). The maximum Gasteiger partial charge on any atom is 0.178 e. The molecule has 0 amide bonds. The number of aromatic nitrogens is 1. The lowest BCUT2D eigenvalue weighted by Crippen LogP contribution is -2.47. The molecule has 106 valence electrons. The molecular formula is C12H17Cl2N3O2. The van der Waals surface area contributed by atoms with Crippen molar-refractivity contribution in [1.29, 1.82) is 0 Å². The number of rotatable bonds is 4. The highest BCUT2D eigenvalue weighted by atomic mass is 35.5. The normalized spacial score (nSPS) is 29.4. The number of fused-ring (bicyclic) bond motifs is 3. The van der Waals surface area contributed by atoms with Crippen molar-refractivity contribution in [2.75, 3.05) is 19.6 Å². The fourth-order valence-corrected chi connectivity index (χ4v) is 2.91. The molecule has 3 saturated heterocycles. The SMILES string of the molecule is Cl.Clc1cc(CON=CC2CN3CCC2CC3)on1. The van der Waals surface area contributed by atoms with E-state index in [1.165, 1.54) is 25.9 Å². The van der Waals surface area contributed by atoms with Crippen LogP contribution < -0.4 is 0 Å². The Hall–Kier alpha value is -0.780. The van der Waals surface area contributed by atoms with Gasteiger partial charge in [0.05, 0.1) is 0 Å². The molecule has 0 aliphatic carbocycles. The van der Waals surface area contributed by atoms with E-state index in [0.29, 0.717) is 16.8 Å². The Morgan fingerprint density at radius 3 is 2.89 bits per heavy atom. The maximum absolute atomic E-state index is 5.63. The number of piperidine rings is 3. The predicted molar refractivity (Wildman–Crippen MR) is 74.7 cm³/mol. The highest BCUT2D eigenvalue weighted by molar-refractivity contribution is 6.29. The second-order valence-corrected chi connectivity index (χ2v) is 5.33. The van der Waals surface area contributed by atoms with E-state index >= 15 is 0 Å². The number of hydrogen-bond donors (Lipinski definition) is 0. The van der Waals surface area contributed by atoms with Gasteiger partial charge < -0.3 is 14.3 Å². The molecule has 0 radical (unpaired) electrons. The minimum Gasteiger partial charge on any atom is -0.388 e. The van der Waals surface area contributed by atoms with Crippen LogP contribution in [-0.2, 0) is 11.4 Å². The Morgan fingerprint density at radius 2 is 2.32 bits per heavy atom. The molecule has 3 aliphatic heterocycles. The molecule has 0 N–H and O–H groups in total. The fourth-order valence-electron chi connectivity index (χ4n) is 2.76. The lowest BCUT2D eigenvalue weighted by molar-refractivity contribution is 0.0762. The predicted octanol–water partition coefficient (Wildman–Crippen LogP) is 2.59. The van der Waals surface area contributed by atoms with Gasteiger partial charge in [-0.3, -0.25) is 0 Å². The van der Waals surface area contributed by atoms with Crippen molar-refractivity contribution in [3.05, 3.63) is 17.0 Å². The minimum absolute atomic E-state index is 0. The molecule has 1 atom stereocenters. The molecule has 3 aliphatic rings. The molecular weight excluding hydrogens is 289 g/mol. The second-order valence-electron chi connectivity index (χ2n) is 4.95. The third-order valence-corrected chi connectivity index (χ3v) is 3.95. The molecule has 1 aromatic heterocycles. The zero-order valence-electron chi connectivity index (χ0n) is 10.5. The van der Waals surface area contributed by atoms with Crippen LogP contribution in [0.25, 0.3) is 0 Å². The Morgan fingerprint density at radius 1 is 1.53 bits per heavy atom. The molecule has 1 unspecified atom stereocenters. The highest BCUT2D eigenvalue weighted by Crippen LogP contribution is 2.31. The zero-order valence-corrected chi connectivity index (χ0v) is 12.1. The summed E-state index contributed by atoms with van der Waals surface area (Å²) in [6, 6.07) is 1.63. The van der Waals surface area contributed by atoms with Crippen LogP contribution in [0.2, 0.25) is 5.15 Å². The van der Waals surface area contributed by atoms with Crippen LogP contribution in [0.4, 0.5) is 0 Å².